The number of aliphatic hydroxyl groups is 1. The standard InChI is InChI=1S/C15H20Cl2N2O3/c1-11(20)19-6-4-18(5-7-19)9-13(21)10-22-15-8-12(16)2-3-14(15)17/h2-3,8,13,21H,4-7,9-10H2,1H3/t13-/m0/s1. The minimum atomic E-state index is -0.626. The zero-order valence-corrected chi connectivity index (χ0v) is 14.0. The lowest BCUT2D eigenvalue weighted by atomic mass is 10.2. The van der Waals surface area contributed by atoms with Gasteiger partial charge in [-0.2, -0.15) is 0 Å². The van der Waals surface area contributed by atoms with Gasteiger partial charge in [-0.05, 0) is 12.1 Å². The lowest BCUT2D eigenvalue weighted by Crippen LogP contribution is -2.50. The molecule has 1 aromatic rings. The fourth-order valence-electron chi connectivity index (χ4n) is 2.37. The van der Waals surface area contributed by atoms with Crippen LogP contribution in [0, 0.1) is 0 Å². The van der Waals surface area contributed by atoms with E-state index in [-0.39, 0.29) is 12.5 Å². The number of piperazine rings is 1. The summed E-state index contributed by atoms with van der Waals surface area (Å²) in [6, 6.07) is 4.97. The van der Waals surface area contributed by atoms with Crippen LogP contribution >= 0.6 is 23.2 Å². The number of hydrogen-bond donors (Lipinski definition) is 1. The molecule has 122 valence electrons. The molecule has 0 unspecified atom stereocenters. The molecule has 1 amide bonds. The highest BCUT2D eigenvalue weighted by Gasteiger charge is 2.20. The summed E-state index contributed by atoms with van der Waals surface area (Å²) in [6.45, 7) is 5.14. The SMILES string of the molecule is CC(=O)N1CCN(C[C@H](O)COc2cc(Cl)ccc2Cl)CC1. The minimum Gasteiger partial charge on any atom is -0.489 e. The van der Waals surface area contributed by atoms with Crippen molar-refractivity contribution in [2.75, 3.05) is 39.3 Å². The van der Waals surface area contributed by atoms with Gasteiger partial charge < -0.3 is 14.7 Å². The molecule has 1 aliphatic rings. The summed E-state index contributed by atoms with van der Waals surface area (Å²) in [5.41, 5.74) is 0. The predicted octanol–water partition coefficient (Wildman–Crippen LogP) is 1.90. The monoisotopic (exact) mass is 346 g/mol. The highest BCUT2D eigenvalue weighted by Crippen LogP contribution is 2.27. The molecule has 0 aromatic heterocycles. The number of benzene rings is 1. The van der Waals surface area contributed by atoms with Crippen LogP contribution < -0.4 is 4.74 Å². The molecule has 1 N–H and O–H groups in total. The summed E-state index contributed by atoms with van der Waals surface area (Å²) in [5, 5.41) is 11.1. The first-order chi connectivity index (χ1) is 10.5. The highest BCUT2D eigenvalue weighted by atomic mass is 35.5. The Labute approximate surface area is 140 Å². The number of hydrogen-bond acceptors (Lipinski definition) is 4. The topological polar surface area (TPSA) is 53.0 Å². The largest absolute Gasteiger partial charge is 0.489 e. The van der Waals surface area contributed by atoms with Crippen LogP contribution in [0.15, 0.2) is 18.2 Å². The Morgan fingerprint density at radius 1 is 1.32 bits per heavy atom. The Morgan fingerprint density at radius 2 is 2.00 bits per heavy atom. The van der Waals surface area contributed by atoms with Gasteiger partial charge >= 0.3 is 0 Å². The molecule has 0 spiro atoms. The zero-order valence-electron chi connectivity index (χ0n) is 12.5. The van der Waals surface area contributed by atoms with Gasteiger partial charge in [0.2, 0.25) is 5.91 Å². The average Bonchev–Trinajstić information content (AvgIpc) is 2.49. The molecule has 1 atom stereocenters. The molecule has 22 heavy (non-hydrogen) atoms. The van der Waals surface area contributed by atoms with Gasteiger partial charge in [-0.25, -0.2) is 0 Å². The van der Waals surface area contributed by atoms with Crippen molar-refractivity contribution >= 4 is 29.1 Å². The molecule has 2 rings (SSSR count). The Morgan fingerprint density at radius 3 is 2.64 bits per heavy atom. The third-order valence-corrected chi connectivity index (χ3v) is 4.16. The van der Waals surface area contributed by atoms with Crippen molar-refractivity contribution in [2.24, 2.45) is 0 Å². The van der Waals surface area contributed by atoms with Gasteiger partial charge in [-0.15, -0.1) is 0 Å². The number of nitrogens with zero attached hydrogens (tertiary/aromatic N) is 2. The molecular weight excluding hydrogens is 327 g/mol. The van der Waals surface area contributed by atoms with E-state index < -0.39 is 6.10 Å². The molecule has 1 saturated heterocycles. The molecule has 0 saturated carbocycles. The summed E-state index contributed by atoms with van der Waals surface area (Å²) in [7, 11) is 0. The third-order valence-electron chi connectivity index (χ3n) is 3.61. The van der Waals surface area contributed by atoms with Crippen molar-refractivity contribution < 1.29 is 14.6 Å². The van der Waals surface area contributed by atoms with E-state index in [0.29, 0.717) is 35.4 Å². The Balaban J connectivity index is 1.75. The Kier molecular flexibility index (Phi) is 6.32. The van der Waals surface area contributed by atoms with Crippen LogP contribution in [-0.4, -0.2) is 66.2 Å². The van der Waals surface area contributed by atoms with Gasteiger partial charge in [-0.1, -0.05) is 23.2 Å². The number of ether oxygens (including phenoxy) is 1. The van der Waals surface area contributed by atoms with Gasteiger partial charge in [0.05, 0.1) is 5.02 Å². The average molecular weight is 347 g/mol. The highest BCUT2D eigenvalue weighted by molar-refractivity contribution is 6.34. The Bertz CT molecular complexity index is 520. The summed E-state index contributed by atoms with van der Waals surface area (Å²) >= 11 is 11.9. The number of rotatable bonds is 5. The molecule has 0 aliphatic carbocycles. The first-order valence-corrected chi connectivity index (χ1v) is 7.95. The van der Waals surface area contributed by atoms with Crippen molar-refractivity contribution in [1.82, 2.24) is 9.80 Å². The number of carbonyl (C=O) groups excluding carboxylic acids is 1. The van der Waals surface area contributed by atoms with Crippen molar-refractivity contribution in [3.8, 4) is 5.75 Å². The molecule has 1 heterocycles. The van der Waals surface area contributed by atoms with Crippen LogP contribution in [0.25, 0.3) is 0 Å². The normalized spacial score (nSPS) is 17.4. The summed E-state index contributed by atoms with van der Waals surface area (Å²) in [5.74, 6) is 0.564. The van der Waals surface area contributed by atoms with E-state index in [1.165, 1.54) is 0 Å². The molecule has 1 aliphatic heterocycles. The summed E-state index contributed by atoms with van der Waals surface area (Å²) in [6.07, 6.45) is -0.626. The van der Waals surface area contributed by atoms with Crippen molar-refractivity contribution in [2.45, 2.75) is 13.0 Å². The van der Waals surface area contributed by atoms with Crippen molar-refractivity contribution in [3.05, 3.63) is 28.2 Å². The van der Waals surface area contributed by atoms with Crippen LogP contribution in [0.2, 0.25) is 10.0 Å². The van der Waals surface area contributed by atoms with Crippen molar-refractivity contribution in [1.29, 1.82) is 0 Å². The predicted molar refractivity (Wildman–Crippen MR) is 86.7 cm³/mol. The second-order valence-electron chi connectivity index (χ2n) is 5.35. The number of amides is 1. The van der Waals surface area contributed by atoms with Crippen LogP contribution in [0.4, 0.5) is 0 Å². The van der Waals surface area contributed by atoms with Crippen molar-refractivity contribution in [3.63, 3.8) is 0 Å². The van der Waals surface area contributed by atoms with Gasteiger partial charge in [0.15, 0.2) is 0 Å². The van der Waals surface area contributed by atoms with Crippen LogP contribution in [0.5, 0.6) is 5.75 Å². The van der Waals surface area contributed by atoms with Gasteiger partial charge in [-0.3, -0.25) is 9.69 Å². The van der Waals surface area contributed by atoms with Crippen LogP contribution in [0.1, 0.15) is 6.92 Å². The Hall–Kier alpha value is -1.01. The lowest BCUT2D eigenvalue weighted by molar-refractivity contribution is -0.130. The minimum absolute atomic E-state index is 0.0964. The number of carbonyl (C=O) groups is 1. The first-order valence-electron chi connectivity index (χ1n) is 7.19. The second kappa shape index (κ2) is 8.02. The number of β-amino-alcohol motifs (C(OH)–C–C–N with tert-alkyl or cyclic N) is 1. The maximum absolute atomic E-state index is 11.3. The second-order valence-corrected chi connectivity index (χ2v) is 6.19. The van der Waals surface area contributed by atoms with E-state index in [9.17, 15) is 9.90 Å². The van der Waals surface area contributed by atoms with Crippen LogP contribution in [0.3, 0.4) is 0 Å². The number of aliphatic hydroxyl groups excluding tert-OH is 1. The summed E-state index contributed by atoms with van der Waals surface area (Å²) in [4.78, 5) is 15.2. The third kappa shape index (κ3) is 5.02. The molecule has 1 fully saturated rings. The molecule has 1 aromatic carbocycles. The van der Waals surface area contributed by atoms with E-state index in [1.54, 1.807) is 25.1 Å². The van der Waals surface area contributed by atoms with Gasteiger partial charge in [0, 0.05) is 50.7 Å². The lowest BCUT2D eigenvalue weighted by Gasteiger charge is -2.35. The van der Waals surface area contributed by atoms with E-state index in [1.807, 2.05) is 4.90 Å². The molecule has 5 nitrogen and oxygen atoms in total. The quantitative estimate of drug-likeness (QED) is 0.884. The maximum atomic E-state index is 11.3. The summed E-state index contributed by atoms with van der Waals surface area (Å²) < 4.78 is 5.52. The molecule has 0 radical (unpaired) electrons. The smallest absolute Gasteiger partial charge is 0.219 e. The molecule has 0 bridgehead atoms. The van der Waals surface area contributed by atoms with E-state index in [4.69, 9.17) is 27.9 Å². The van der Waals surface area contributed by atoms with E-state index in [2.05, 4.69) is 4.90 Å². The van der Waals surface area contributed by atoms with Crippen LogP contribution in [-0.2, 0) is 4.79 Å². The fraction of sp³-hybridized carbons (Fsp3) is 0.533. The van der Waals surface area contributed by atoms with E-state index >= 15 is 0 Å². The number of halogens is 2. The van der Waals surface area contributed by atoms with E-state index in [0.717, 1.165) is 13.1 Å². The van der Waals surface area contributed by atoms with Gasteiger partial charge in [0.25, 0.3) is 0 Å². The molecule has 7 heteroatoms. The molecular formula is C15H20Cl2N2O3. The van der Waals surface area contributed by atoms with Gasteiger partial charge in [0.1, 0.15) is 18.5 Å². The first kappa shape index (κ1) is 17.3. The zero-order chi connectivity index (χ0) is 16.1. The maximum Gasteiger partial charge on any atom is 0.219 e. The fourth-order valence-corrected chi connectivity index (χ4v) is 2.70.